The van der Waals surface area contributed by atoms with Crippen molar-refractivity contribution in [3.8, 4) is 0 Å². The highest BCUT2D eigenvalue weighted by Gasteiger charge is 2.20. The standard InChI is InChI=1S/C13H23N3/c1-10-7-16-8-11(5-6-12(16)15-10)14-9-13(2,3)4/h7,11,14H,5-6,8-9H2,1-4H3. The van der Waals surface area contributed by atoms with Crippen molar-refractivity contribution in [1.82, 2.24) is 14.9 Å². The molecule has 1 aliphatic heterocycles. The normalized spacial score (nSPS) is 20.9. The lowest BCUT2D eigenvalue weighted by molar-refractivity contribution is 0.309. The van der Waals surface area contributed by atoms with Gasteiger partial charge in [-0.25, -0.2) is 4.98 Å². The second-order valence-corrected chi connectivity index (χ2v) is 6.13. The van der Waals surface area contributed by atoms with E-state index < -0.39 is 0 Å². The number of rotatable bonds is 2. The number of aryl methyl sites for hydroxylation is 2. The SMILES string of the molecule is Cc1cn2c(n1)CCC(NCC(C)(C)C)C2. The molecule has 16 heavy (non-hydrogen) atoms. The molecule has 0 aromatic carbocycles. The first kappa shape index (κ1) is 11.6. The molecule has 0 aliphatic carbocycles. The fraction of sp³-hybridized carbons (Fsp3) is 0.769. The number of hydrogen-bond donors (Lipinski definition) is 1. The molecule has 1 aliphatic rings. The van der Waals surface area contributed by atoms with Crippen LogP contribution >= 0.6 is 0 Å². The zero-order valence-corrected chi connectivity index (χ0v) is 10.9. The van der Waals surface area contributed by atoms with E-state index in [4.69, 9.17) is 0 Å². The molecule has 0 saturated carbocycles. The highest BCUT2D eigenvalue weighted by atomic mass is 15.1. The number of nitrogens with zero attached hydrogens (tertiary/aromatic N) is 2. The van der Waals surface area contributed by atoms with Gasteiger partial charge in [0.25, 0.3) is 0 Å². The van der Waals surface area contributed by atoms with Gasteiger partial charge < -0.3 is 9.88 Å². The summed E-state index contributed by atoms with van der Waals surface area (Å²) < 4.78 is 2.30. The van der Waals surface area contributed by atoms with Gasteiger partial charge in [-0.3, -0.25) is 0 Å². The van der Waals surface area contributed by atoms with Crippen molar-refractivity contribution in [2.45, 2.75) is 53.1 Å². The van der Waals surface area contributed by atoms with Gasteiger partial charge in [0, 0.05) is 31.7 Å². The molecule has 1 unspecified atom stereocenters. The molecular weight excluding hydrogens is 198 g/mol. The summed E-state index contributed by atoms with van der Waals surface area (Å²) in [6.45, 7) is 11.1. The maximum Gasteiger partial charge on any atom is 0.109 e. The van der Waals surface area contributed by atoms with Crippen LogP contribution in [0.25, 0.3) is 0 Å². The summed E-state index contributed by atoms with van der Waals surface area (Å²) in [5.41, 5.74) is 1.51. The Kier molecular flexibility index (Phi) is 3.06. The van der Waals surface area contributed by atoms with Crippen LogP contribution in [0.4, 0.5) is 0 Å². The molecule has 2 rings (SSSR count). The van der Waals surface area contributed by atoms with Gasteiger partial charge in [0.2, 0.25) is 0 Å². The van der Waals surface area contributed by atoms with Gasteiger partial charge in [-0.1, -0.05) is 20.8 Å². The number of aromatic nitrogens is 2. The second kappa shape index (κ2) is 4.21. The Morgan fingerprint density at radius 3 is 2.94 bits per heavy atom. The first-order valence-electron chi connectivity index (χ1n) is 6.20. The van der Waals surface area contributed by atoms with Crippen LogP contribution in [-0.2, 0) is 13.0 Å². The van der Waals surface area contributed by atoms with Crippen molar-refractivity contribution in [3.05, 3.63) is 17.7 Å². The summed E-state index contributed by atoms with van der Waals surface area (Å²) in [5, 5.41) is 3.66. The van der Waals surface area contributed by atoms with Crippen molar-refractivity contribution < 1.29 is 0 Å². The molecule has 1 aromatic heterocycles. The van der Waals surface area contributed by atoms with E-state index in [9.17, 15) is 0 Å². The molecule has 2 heterocycles. The largest absolute Gasteiger partial charge is 0.333 e. The molecule has 1 aromatic rings. The van der Waals surface area contributed by atoms with Gasteiger partial charge in [0.1, 0.15) is 5.82 Å². The summed E-state index contributed by atoms with van der Waals surface area (Å²) in [5.74, 6) is 1.26. The minimum absolute atomic E-state index is 0.366. The average Bonchev–Trinajstić information content (AvgIpc) is 2.52. The molecule has 0 amide bonds. The summed E-state index contributed by atoms with van der Waals surface area (Å²) in [6.07, 6.45) is 4.49. The quantitative estimate of drug-likeness (QED) is 0.829. The predicted molar refractivity (Wildman–Crippen MR) is 66.5 cm³/mol. The first-order chi connectivity index (χ1) is 7.44. The Hall–Kier alpha value is -0.830. The van der Waals surface area contributed by atoms with Crippen LogP contribution in [0.5, 0.6) is 0 Å². The zero-order valence-electron chi connectivity index (χ0n) is 10.9. The van der Waals surface area contributed by atoms with Gasteiger partial charge in [-0.15, -0.1) is 0 Å². The predicted octanol–water partition coefficient (Wildman–Crippen LogP) is 2.14. The molecule has 3 nitrogen and oxygen atoms in total. The van der Waals surface area contributed by atoms with Crippen molar-refractivity contribution >= 4 is 0 Å². The van der Waals surface area contributed by atoms with Crippen LogP contribution in [0.3, 0.4) is 0 Å². The molecular formula is C13H23N3. The maximum atomic E-state index is 4.53. The number of hydrogen-bond acceptors (Lipinski definition) is 2. The van der Waals surface area contributed by atoms with Crippen LogP contribution in [0.2, 0.25) is 0 Å². The van der Waals surface area contributed by atoms with Crippen molar-refractivity contribution in [2.24, 2.45) is 5.41 Å². The smallest absolute Gasteiger partial charge is 0.109 e. The Labute approximate surface area is 98.3 Å². The first-order valence-corrected chi connectivity index (χ1v) is 6.20. The lowest BCUT2D eigenvalue weighted by atomic mass is 9.96. The Morgan fingerprint density at radius 1 is 1.50 bits per heavy atom. The van der Waals surface area contributed by atoms with Crippen molar-refractivity contribution in [1.29, 1.82) is 0 Å². The Balaban J connectivity index is 1.92. The summed E-state index contributed by atoms with van der Waals surface area (Å²) >= 11 is 0. The van der Waals surface area contributed by atoms with Crippen LogP contribution < -0.4 is 5.32 Å². The minimum atomic E-state index is 0.366. The molecule has 0 radical (unpaired) electrons. The van der Waals surface area contributed by atoms with Gasteiger partial charge >= 0.3 is 0 Å². The summed E-state index contributed by atoms with van der Waals surface area (Å²) in [6, 6.07) is 0.611. The molecule has 3 heteroatoms. The third kappa shape index (κ3) is 2.85. The molecule has 1 N–H and O–H groups in total. The van der Waals surface area contributed by atoms with Crippen LogP contribution in [0, 0.1) is 12.3 Å². The van der Waals surface area contributed by atoms with E-state index in [1.165, 1.54) is 12.2 Å². The third-order valence-corrected chi connectivity index (χ3v) is 3.03. The fourth-order valence-corrected chi connectivity index (χ4v) is 2.20. The molecule has 90 valence electrons. The Morgan fingerprint density at radius 2 is 2.25 bits per heavy atom. The molecule has 0 fully saturated rings. The fourth-order valence-electron chi connectivity index (χ4n) is 2.20. The minimum Gasteiger partial charge on any atom is -0.333 e. The van der Waals surface area contributed by atoms with Crippen LogP contribution in [0.15, 0.2) is 6.20 Å². The summed E-state index contributed by atoms with van der Waals surface area (Å²) in [7, 11) is 0. The highest BCUT2D eigenvalue weighted by molar-refractivity contribution is 5.05. The maximum absolute atomic E-state index is 4.53. The van der Waals surface area contributed by atoms with Crippen LogP contribution in [0.1, 0.15) is 38.7 Å². The molecule has 0 spiro atoms. The molecule has 1 atom stereocenters. The van der Waals surface area contributed by atoms with Gasteiger partial charge in [0.05, 0.1) is 5.69 Å². The number of fused-ring (bicyclic) bond motifs is 1. The van der Waals surface area contributed by atoms with E-state index in [1.807, 2.05) is 0 Å². The lowest BCUT2D eigenvalue weighted by Crippen LogP contribution is -2.41. The second-order valence-electron chi connectivity index (χ2n) is 6.13. The third-order valence-electron chi connectivity index (χ3n) is 3.03. The monoisotopic (exact) mass is 221 g/mol. The highest BCUT2D eigenvalue weighted by Crippen LogP contribution is 2.17. The molecule has 0 bridgehead atoms. The van der Waals surface area contributed by atoms with E-state index in [0.717, 1.165) is 25.2 Å². The van der Waals surface area contributed by atoms with Gasteiger partial charge in [0.15, 0.2) is 0 Å². The van der Waals surface area contributed by atoms with E-state index in [2.05, 4.69) is 48.8 Å². The van der Waals surface area contributed by atoms with E-state index >= 15 is 0 Å². The lowest BCUT2D eigenvalue weighted by Gasteiger charge is -2.28. The molecule has 0 saturated heterocycles. The zero-order chi connectivity index (χ0) is 11.8. The Bertz CT molecular complexity index is 360. The van der Waals surface area contributed by atoms with E-state index in [1.54, 1.807) is 0 Å². The summed E-state index contributed by atoms with van der Waals surface area (Å²) in [4.78, 5) is 4.53. The van der Waals surface area contributed by atoms with E-state index in [0.29, 0.717) is 11.5 Å². The van der Waals surface area contributed by atoms with Crippen molar-refractivity contribution in [3.63, 3.8) is 0 Å². The van der Waals surface area contributed by atoms with Crippen LogP contribution in [-0.4, -0.2) is 22.1 Å². The van der Waals surface area contributed by atoms with Gasteiger partial charge in [-0.05, 0) is 18.8 Å². The van der Waals surface area contributed by atoms with E-state index in [-0.39, 0.29) is 0 Å². The van der Waals surface area contributed by atoms with Gasteiger partial charge in [-0.2, -0.15) is 0 Å². The topological polar surface area (TPSA) is 29.9 Å². The van der Waals surface area contributed by atoms with Crippen molar-refractivity contribution in [2.75, 3.05) is 6.54 Å². The number of imidazole rings is 1. The number of nitrogens with one attached hydrogen (secondary N) is 1. The average molecular weight is 221 g/mol.